The maximum absolute atomic E-state index is 14.4. The number of rotatable bonds is 3. The summed E-state index contributed by atoms with van der Waals surface area (Å²) in [6.07, 6.45) is 8.74. The summed E-state index contributed by atoms with van der Waals surface area (Å²) in [5, 5.41) is 4.25. The molecule has 5 nitrogen and oxygen atoms in total. The average molecular weight is 488 g/mol. The summed E-state index contributed by atoms with van der Waals surface area (Å²) in [6.45, 7) is 2.33. The normalized spacial score (nSPS) is 28.1. The highest BCUT2D eigenvalue weighted by Gasteiger charge is 2.53. The molecule has 2 aliphatic heterocycles. The van der Waals surface area contributed by atoms with E-state index in [-0.39, 0.29) is 23.3 Å². The number of fused-ring (bicyclic) bond motifs is 2. The number of hydrogen-bond acceptors (Lipinski definition) is 3. The number of aromatic nitrogens is 2. The first-order chi connectivity index (χ1) is 17.2. The van der Waals surface area contributed by atoms with E-state index in [2.05, 4.69) is 62.6 Å². The van der Waals surface area contributed by atoms with Gasteiger partial charge < -0.3 is 10.2 Å². The molecule has 4 atom stereocenters. The van der Waals surface area contributed by atoms with E-state index in [4.69, 9.17) is 11.6 Å². The molecular formula is C29H32ClN4O+. The van der Waals surface area contributed by atoms with Gasteiger partial charge in [-0.1, -0.05) is 36.4 Å². The molecule has 1 unspecified atom stereocenters. The van der Waals surface area contributed by atoms with Crippen LogP contribution in [0.1, 0.15) is 60.0 Å². The van der Waals surface area contributed by atoms with Gasteiger partial charge in [-0.05, 0) is 66.5 Å². The van der Waals surface area contributed by atoms with E-state index in [1.165, 1.54) is 16.8 Å². The Morgan fingerprint density at radius 3 is 2.80 bits per heavy atom. The summed E-state index contributed by atoms with van der Waals surface area (Å²) >= 11 is 6.29. The van der Waals surface area contributed by atoms with Crippen molar-refractivity contribution in [3.63, 3.8) is 0 Å². The van der Waals surface area contributed by atoms with Crippen LogP contribution >= 0.6 is 11.6 Å². The van der Waals surface area contributed by atoms with Crippen molar-refractivity contribution in [2.24, 2.45) is 5.92 Å². The minimum atomic E-state index is -0.179. The van der Waals surface area contributed by atoms with Crippen LogP contribution in [0.3, 0.4) is 0 Å². The molecule has 3 aromatic rings. The molecule has 1 aromatic carbocycles. The largest absolute Gasteiger partial charge is 0.335 e. The molecule has 35 heavy (non-hydrogen) atoms. The summed E-state index contributed by atoms with van der Waals surface area (Å²) in [5.41, 5.74) is 4.78. The molecule has 1 spiro atoms. The fraction of sp³-hybridized carbons (Fsp3) is 0.414. The minimum absolute atomic E-state index is 0.0349. The minimum Gasteiger partial charge on any atom is -0.335 e. The maximum atomic E-state index is 14.4. The lowest BCUT2D eigenvalue weighted by Crippen LogP contribution is -2.51. The maximum Gasteiger partial charge on any atom is 0.273 e. The second-order valence-electron chi connectivity index (χ2n) is 10.4. The van der Waals surface area contributed by atoms with Crippen LogP contribution in [-0.4, -0.2) is 35.4 Å². The van der Waals surface area contributed by atoms with Gasteiger partial charge in [-0.3, -0.25) is 9.78 Å². The number of halogens is 1. The van der Waals surface area contributed by atoms with Crippen molar-refractivity contribution in [1.29, 1.82) is 0 Å². The second-order valence-corrected chi connectivity index (χ2v) is 10.8. The molecule has 0 radical (unpaired) electrons. The van der Waals surface area contributed by atoms with Gasteiger partial charge in [-0.2, -0.15) is 4.98 Å². The number of carbonyl (C=O) groups excluding carboxylic acids is 1. The van der Waals surface area contributed by atoms with Gasteiger partial charge in [0.1, 0.15) is 0 Å². The molecule has 6 heteroatoms. The molecule has 6 rings (SSSR count). The van der Waals surface area contributed by atoms with Gasteiger partial charge in [-0.25, -0.2) is 0 Å². The molecule has 3 aliphatic rings. The van der Waals surface area contributed by atoms with Gasteiger partial charge in [-0.15, -0.1) is 0 Å². The lowest BCUT2D eigenvalue weighted by molar-refractivity contribution is -0.390. The molecule has 0 saturated carbocycles. The fourth-order valence-electron chi connectivity index (χ4n) is 6.86. The van der Waals surface area contributed by atoms with Crippen LogP contribution in [0.4, 0.5) is 0 Å². The Balaban J connectivity index is 1.34. The van der Waals surface area contributed by atoms with Crippen LogP contribution in [0.5, 0.6) is 0 Å². The first-order valence-corrected chi connectivity index (χ1v) is 13.2. The standard InChI is InChI=1S/C29H31ClN4O/c30-27-11-10-23-25(33-27)9-4-13-29(23)19-32-18-24(29)28(35)34-15-12-21(20-6-2-1-3-7-20)16-26(34)22-8-5-14-31-17-22/h1-3,5-8,10-11,14,17,21,24,26,32H,4,9,12-13,15-16,18-19H2/p+1/t21-,24+,26?,29+/m1/s1. The lowest BCUT2D eigenvalue weighted by atomic mass is 9.65. The number of carbonyl (C=O) groups is 1. The van der Waals surface area contributed by atoms with E-state index in [0.717, 1.165) is 57.3 Å². The van der Waals surface area contributed by atoms with Crippen LogP contribution in [0.2, 0.25) is 5.15 Å². The number of aromatic amines is 1. The predicted octanol–water partition coefficient (Wildman–Crippen LogP) is 4.49. The first kappa shape index (κ1) is 22.7. The number of H-pyrrole nitrogens is 1. The number of amides is 1. The summed E-state index contributed by atoms with van der Waals surface area (Å²) in [6, 6.07) is 19.0. The molecule has 180 valence electrons. The Hall–Kier alpha value is -2.76. The number of likely N-dealkylation sites (tertiary alicyclic amines) is 1. The lowest BCUT2D eigenvalue weighted by Gasteiger charge is -2.44. The Morgan fingerprint density at radius 1 is 1.11 bits per heavy atom. The SMILES string of the molecule is O=C([C@@H]1CNC[C@]12CCCc1[nH+]c(Cl)ccc12)N1CC[C@@H](c2ccccc2)CC1c1cccnc1. The van der Waals surface area contributed by atoms with E-state index >= 15 is 0 Å². The van der Waals surface area contributed by atoms with E-state index < -0.39 is 0 Å². The van der Waals surface area contributed by atoms with Gasteiger partial charge in [0, 0.05) is 55.5 Å². The third-order valence-corrected chi connectivity index (χ3v) is 8.78. The number of pyridine rings is 2. The summed E-state index contributed by atoms with van der Waals surface area (Å²) in [7, 11) is 0. The highest BCUT2D eigenvalue weighted by Crippen LogP contribution is 2.47. The molecular weight excluding hydrogens is 456 g/mol. The highest BCUT2D eigenvalue weighted by molar-refractivity contribution is 6.28. The summed E-state index contributed by atoms with van der Waals surface area (Å²) < 4.78 is 0. The van der Waals surface area contributed by atoms with Crippen molar-refractivity contribution in [3.8, 4) is 0 Å². The van der Waals surface area contributed by atoms with Gasteiger partial charge in [0.25, 0.3) is 5.15 Å². The number of piperidine rings is 1. The summed E-state index contributed by atoms with van der Waals surface area (Å²) in [4.78, 5) is 24.4. The molecule has 2 saturated heterocycles. The number of aryl methyl sites for hydroxylation is 1. The quantitative estimate of drug-likeness (QED) is 0.554. The van der Waals surface area contributed by atoms with Gasteiger partial charge in [0.15, 0.2) is 5.69 Å². The number of nitrogens with zero attached hydrogens (tertiary/aromatic N) is 2. The van der Waals surface area contributed by atoms with Crippen molar-refractivity contribution in [2.45, 2.75) is 49.5 Å². The zero-order valence-corrected chi connectivity index (χ0v) is 20.7. The molecule has 2 aromatic heterocycles. The third kappa shape index (κ3) is 4.05. The average Bonchev–Trinajstić information content (AvgIpc) is 3.32. The van der Waals surface area contributed by atoms with Crippen molar-refractivity contribution in [3.05, 3.63) is 94.5 Å². The van der Waals surface area contributed by atoms with E-state index in [1.54, 1.807) is 0 Å². The van der Waals surface area contributed by atoms with Crippen LogP contribution in [0, 0.1) is 5.92 Å². The predicted molar refractivity (Wildman–Crippen MR) is 136 cm³/mol. The molecule has 2 fully saturated rings. The zero-order chi connectivity index (χ0) is 23.8. The molecule has 0 bridgehead atoms. The number of hydrogen-bond donors (Lipinski definition) is 1. The Bertz CT molecular complexity index is 1200. The summed E-state index contributed by atoms with van der Waals surface area (Å²) in [5.74, 6) is 0.634. The molecule has 2 N–H and O–H groups in total. The first-order valence-electron chi connectivity index (χ1n) is 12.8. The fourth-order valence-corrected chi connectivity index (χ4v) is 7.04. The number of benzene rings is 1. The topological polar surface area (TPSA) is 59.4 Å². The van der Waals surface area contributed by atoms with E-state index in [0.29, 0.717) is 11.1 Å². The molecule has 1 amide bonds. The molecule has 4 heterocycles. The van der Waals surface area contributed by atoms with E-state index in [9.17, 15) is 4.79 Å². The van der Waals surface area contributed by atoms with Crippen LogP contribution < -0.4 is 10.3 Å². The smallest absolute Gasteiger partial charge is 0.273 e. The van der Waals surface area contributed by atoms with Crippen molar-refractivity contribution in [2.75, 3.05) is 19.6 Å². The zero-order valence-electron chi connectivity index (χ0n) is 19.9. The second kappa shape index (κ2) is 9.36. The van der Waals surface area contributed by atoms with Crippen LogP contribution in [0.15, 0.2) is 67.0 Å². The van der Waals surface area contributed by atoms with Crippen molar-refractivity contribution >= 4 is 17.5 Å². The Kier molecular flexibility index (Phi) is 6.07. The van der Waals surface area contributed by atoms with Crippen LogP contribution in [0.25, 0.3) is 0 Å². The van der Waals surface area contributed by atoms with E-state index in [1.807, 2.05) is 24.5 Å². The Morgan fingerprint density at radius 2 is 1.97 bits per heavy atom. The van der Waals surface area contributed by atoms with Crippen LogP contribution in [-0.2, 0) is 16.6 Å². The third-order valence-electron chi connectivity index (χ3n) is 8.56. The Labute approximate surface area is 211 Å². The highest BCUT2D eigenvalue weighted by atomic mass is 35.5. The number of nitrogens with one attached hydrogen (secondary N) is 2. The molecule has 1 aliphatic carbocycles. The van der Waals surface area contributed by atoms with Gasteiger partial charge >= 0.3 is 0 Å². The van der Waals surface area contributed by atoms with Gasteiger partial charge in [0.2, 0.25) is 5.91 Å². The monoisotopic (exact) mass is 487 g/mol. The van der Waals surface area contributed by atoms with Crippen molar-refractivity contribution in [1.82, 2.24) is 15.2 Å². The van der Waals surface area contributed by atoms with Gasteiger partial charge in [0.05, 0.1) is 12.0 Å². The van der Waals surface area contributed by atoms with Crippen molar-refractivity contribution < 1.29 is 9.78 Å².